The minimum Gasteiger partial charge on any atom is -0.314 e. The van der Waals surface area contributed by atoms with Gasteiger partial charge < -0.3 is 5.32 Å². The summed E-state index contributed by atoms with van der Waals surface area (Å²) in [7, 11) is 0. The second-order valence-electron chi connectivity index (χ2n) is 5.09. The lowest BCUT2D eigenvalue weighted by Crippen LogP contribution is -2.43. The maximum Gasteiger partial charge on any atom is 0.00978 e. The minimum atomic E-state index is 0.865. The lowest BCUT2D eigenvalue weighted by Gasteiger charge is -2.36. The quantitative estimate of drug-likeness (QED) is 0.656. The van der Waals surface area contributed by atoms with Gasteiger partial charge in [-0.25, -0.2) is 0 Å². The van der Waals surface area contributed by atoms with Crippen molar-refractivity contribution in [3.05, 3.63) is 0 Å². The molecule has 2 atom stereocenters. The average molecular weight is 181 g/mol. The maximum absolute atomic E-state index is 3.72. The van der Waals surface area contributed by atoms with Crippen molar-refractivity contribution in [2.45, 2.75) is 57.9 Å². The molecule has 0 aromatic carbocycles. The molecule has 0 bridgehead atoms. The van der Waals surface area contributed by atoms with Crippen molar-refractivity contribution in [3.63, 3.8) is 0 Å². The Morgan fingerprint density at radius 1 is 1.00 bits per heavy atom. The van der Waals surface area contributed by atoms with E-state index in [1.807, 2.05) is 0 Å². The van der Waals surface area contributed by atoms with E-state index in [-0.39, 0.29) is 0 Å². The molecule has 2 rings (SSSR count). The van der Waals surface area contributed by atoms with Gasteiger partial charge in [-0.05, 0) is 44.1 Å². The van der Waals surface area contributed by atoms with Crippen LogP contribution in [0.3, 0.4) is 0 Å². The normalized spacial score (nSPS) is 37.6. The van der Waals surface area contributed by atoms with Gasteiger partial charge in [0.25, 0.3) is 0 Å². The molecule has 1 saturated heterocycles. The summed E-state index contributed by atoms with van der Waals surface area (Å²) < 4.78 is 0. The van der Waals surface area contributed by atoms with E-state index in [1.54, 1.807) is 0 Å². The summed E-state index contributed by atoms with van der Waals surface area (Å²) in [6, 6.07) is 0.865. The molecule has 1 heterocycles. The van der Waals surface area contributed by atoms with Crippen LogP contribution in [-0.4, -0.2) is 12.6 Å². The summed E-state index contributed by atoms with van der Waals surface area (Å²) in [5.41, 5.74) is 0. The van der Waals surface area contributed by atoms with Gasteiger partial charge in [0.1, 0.15) is 0 Å². The monoisotopic (exact) mass is 181 g/mol. The third-order valence-corrected chi connectivity index (χ3v) is 3.92. The van der Waals surface area contributed by atoms with Crippen LogP contribution in [-0.2, 0) is 0 Å². The number of hydrogen-bond acceptors (Lipinski definition) is 1. The summed E-state index contributed by atoms with van der Waals surface area (Å²) in [6.07, 6.45) is 10.3. The SMILES string of the molecule is C[C@@H]1CCN[C@H](C2CCCCC2)C1. The van der Waals surface area contributed by atoms with Crippen LogP contribution in [0.15, 0.2) is 0 Å². The van der Waals surface area contributed by atoms with Gasteiger partial charge >= 0.3 is 0 Å². The molecule has 1 aliphatic heterocycles. The van der Waals surface area contributed by atoms with Crippen molar-refractivity contribution in [3.8, 4) is 0 Å². The van der Waals surface area contributed by atoms with Crippen LogP contribution in [0.1, 0.15) is 51.9 Å². The van der Waals surface area contributed by atoms with E-state index in [0.29, 0.717) is 0 Å². The summed E-state index contributed by atoms with van der Waals surface area (Å²) in [6.45, 7) is 3.68. The first-order valence-corrected chi connectivity index (χ1v) is 6.09. The Bertz CT molecular complexity index is 149. The molecule has 1 N–H and O–H groups in total. The topological polar surface area (TPSA) is 12.0 Å². The first kappa shape index (κ1) is 9.51. The van der Waals surface area contributed by atoms with Gasteiger partial charge in [-0.3, -0.25) is 0 Å². The summed E-state index contributed by atoms with van der Waals surface area (Å²) in [4.78, 5) is 0. The van der Waals surface area contributed by atoms with Crippen molar-refractivity contribution in [2.75, 3.05) is 6.54 Å². The largest absolute Gasteiger partial charge is 0.314 e. The number of rotatable bonds is 1. The lowest BCUT2D eigenvalue weighted by atomic mass is 9.78. The second kappa shape index (κ2) is 4.45. The van der Waals surface area contributed by atoms with Gasteiger partial charge in [0.2, 0.25) is 0 Å². The Balaban J connectivity index is 1.83. The zero-order chi connectivity index (χ0) is 9.10. The average Bonchev–Trinajstić information content (AvgIpc) is 2.19. The zero-order valence-electron chi connectivity index (χ0n) is 8.89. The highest BCUT2D eigenvalue weighted by atomic mass is 14.9. The molecule has 0 aromatic rings. The summed E-state index contributed by atoms with van der Waals surface area (Å²) in [5, 5.41) is 3.72. The van der Waals surface area contributed by atoms with Gasteiger partial charge in [-0.15, -0.1) is 0 Å². The van der Waals surface area contributed by atoms with E-state index in [4.69, 9.17) is 0 Å². The van der Waals surface area contributed by atoms with Crippen LogP contribution in [0, 0.1) is 11.8 Å². The third-order valence-electron chi connectivity index (χ3n) is 3.92. The fourth-order valence-corrected chi connectivity index (χ4v) is 3.05. The molecule has 1 heteroatoms. The fourth-order valence-electron chi connectivity index (χ4n) is 3.05. The van der Waals surface area contributed by atoms with E-state index in [9.17, 15) is 0 Å². The molecular weight excluding hydrogens is 158 g/mol. The molecule has 1 aliphatic carbocycles. The van der Waals surface area contributed by atoms with Crippen LogP contribution >= 0.6 is 0 Å². The van der Waals surface area contributed by atoms with Gasteiger partial charge in [-0.2, -0.15) is 0 Å². The third kappa shape index (κ3) is 2.46. The fraction of sp³-hybridized carbons (Fsp3) is 1.00. The zero-order valence-corrected chi connectivity index (χ0v) is 8.89. The molecular formula is C12H23N. The van der Waals surface area contributed by atoms with E-state index in [2.05, 4.69) is 12.2 Å². The van der Waals surface area contributed by atoms with Crippen molar-refractivity contribution in [1.29, 1.82) is 0 Å². The molecule has 0 aromatic heterocycles. The first-order valence-electron chi connectivity index (χ1n) is 6.09. The van der Waals surface area contributed by atoms with Gasteiger partial charge in [0.15, 0.2) is 0 Å². The van der Waals surface area contributed by atoms with Crippen LogP contribution in [0.25, 0.3) is 0 Å². The molecule has 2 fully saturated rings. The van der Waals surface area contributed by atoms with Gasteiger partial charge in [0.05, 0.1) is 0 Å². The van der Waals surface area contributed by atoms with Crippen molar-refractivity contribution in [1.82, 2.24) is 5.32 Å². The van der Waals surface area contributed by atoms with E-state index in [1.165, 1.54) is 51.5 Å². The molecule has 0 unspecified atom stereocenters. The Labute approximate surface area is 82.3 Å². The highest BCUT2D eigenvalue weighted by Crippen LogP contribution is 2.31. The first-order chi connectivity index (χ1) is 6.36. The molecule has 13 heavy (non-hydrogen) atoms. The predicted molar refractivity (Wildman–Crippen MR) is 56.8 cm³/mol. The van der Waals surface area contributed by atoms with Crippen molar-refractivity contribution in [2.24, 2.45) is 11.8 Å². The molecule has 76 valence electrons. The van der Waals surface area contributed by atoms with Crippen LogP contribution < -0.4 is 5.32 Å². The molecule has 2 aliphatic rings. The molecule has 1 saturated carbocycles. The lowest BCUT2D eigenvalue weighted by molar-refractivity contribution is 0.204. The number of nitrogens with one attached hydrogen (secondary N) is 1. The van der Waals surface area contributed by atoms with Crippen LogP contribution in [0.5, 0.6) is 0 Å². The molecule has 0 radical (unpaired) electrons. The van der Waals surface area contributed by atoms with E-state index >= 15 is 0 Å². The van der Waals surface area contributed by atoms with Crippen molar-refractivity contribution < 1.29 is 0 Å². The van der Waals surface area contributed by atoms with Crippen LogP contribution in [0.4, 0.5) is 0 Å². The van der Waals surface area contributed by atoms with E-state index < -0.39 is 0 Å². The highest BCUT2D eigenvalue weighted by Gasteiger charge is 2.26. The van der Waals surface area contributed by atoms with Gasteiger partial charge in [-0.1, -0.05) is 26.2 Å². The van der Waals surface area contributed by atoms with Crippen LogP contribution in [0.2, 0.25) is 0 Å². The number of hydrogen-bond donors (Lipinski definition) is 1. The maximum atomic E-state index is 3.72. The Morgan fingerprint density at radius 3 is 2.46 bits per heavy atom. The predicted octanol–water partition coefficient (Wildman–Crippen LogP) is 2.95. The molecule has 0 amide bonds. The Hall–Kier alpha value is -0.0400. The smallest absolute Gasteiger partial charge is 0.00978 e. The standard InChI is InChI=1S/C12H23N/c1-10-7-8-13-12(9-10)11-5-3-2-4-6-11/h10-13H,2-9H2,1H3/t10-,12+/m1/s1. The summed E-state index contributed by atoms with van der Waals surface area (Å²) >= 11 is 0. The number of piperidine rings is 1. The highest BCUT2D eigenvalue weighted by molar-refractivity contribution is 4.84. The van der Waals surface area contributed by atoms with E-state index in [0.717, 1.165) is 17.9 Å². The molecule has 1 nitrogen and oxygen atoms in total. The molecule has 0 spiro atoms. The Kier molecular flexibility index (Phi) is 3.26. The second-order valence-corrected chi connectivity index (χ2v) is 5.09. The Morgan fingerprint density at radius 2 is 1.77 bits per heavy atom. The van der Waals surface area contributed by atoms with Gasteiger partial charge in [0, 0.05) is 6.04 Å². The van der Waals surface area contributed by atoms with Crippen molar-refractivity contribution >= 4 is 0 Å². The summed E-state index contributed by atoms with van der Waals surface area (Å²) in [5.74, 6) is 1.98. The minimum absolute atomic E-state index is 0.865.